The molecule has 0 aliphatic rings. The number of hydrogen-bond donors (Lipinski definition) is 1. The van der Waals surface area contributed by atoms with Gasteiger partial charge >= 0.3 is 0 Å². The first-order valence-corrected chi connectivity index (χ1v) is 6.97. The van der Waals surface area contributed by atoms with Crippen LogP contribution in [0.15, 0.2) is 48.5 Å². The van der Waals surface area contributed by atoms with Crippen molar-refractivity contribution >= 4 is 23.2 Å². The number of halogens is 1. The second-order valence-corrected chi connectivity index (χ2v) is 4.66. The Morgan fingerprint density at radius 1 is 1.10 bits per heavy atom. The quantitative estimate of drug-likeness (QED) is 0.884. The van der Waals surface area contributed by atoms with Crippen molar-refractivity contribution in [1.29, 1.82) is 0 Å². The Bertz CT molecular complexity index is 599. The highest BCUT2D eigenvalue weighted by molar-refractivity contribution is 6.30. The lowest BCUT2D eigenvalue weighted by Crippen LogP contribution is -2.20. The summed E-state index contributed by atoms with van der Waals surface area (Å²) in [5, 5.41) is 3.38. The molecule has 0 heterocycles. The number of anilines is 1. The van der Waals surface area contributed by atoms with Gasteiger partial charge in [-0.25, -0.2) is 0 Å². The lowest BCUT2D eigenvalue weighted by atomic mass is 10.3. The van der Waals surface area contributed by atoms with Crippen LogP contribution in [0.3, 0.4) is 0 Å². The summed E-state index contributed by atoms with van der Waals surface area (Å²) in [6.07, 6.45) is 0. The maximum atomic E-state index is 11.9. The predicted octanol–water partition coefficient (Wildman–Crippen LogP) is 3.76. The fraction of sp³-hybridized carbons (Fsp3) is 0.188. The van der Waals surface area contributed by atoms with E-state index >= 15 is 0 Å². The fourth-order valence-electron chi connectivity index (χ4n) is 1.72. The van der Waals surface area contributed by atoms with Crippen LogP contribution in [0.1, 0.15) is 6.92 Å². The molecule has 0 saturated heterocycles. The molecule has 2 aromatic rings. The summed E-state index contributed by atoms with van der Waals surface area (Å²) < 4.78 is 10.8. The average Bonchev–Trinajstić information content (AvgIpc) is 2.49. The summed E-state index contributed by atoms with van der Waals surface area (Å²) in [4.78, 5) is 11.9. The Kier molecular flexibility index (Phi) is 5.46. The molecule has 110 valence electrons. The molecule has 0 aliphatic heterocycles. The van der Waals surface area contributed by atoms with Gasteiger partial charge in [0, 0.05) is 5.02 Å². The Labute approximate surface area is 128 Å². The van der Waals surface area contributed by atoms with Gasteiger partial charge < -0.3 is 14.8 Å². The summed E-state index contributed by atoms with van der Waals surface area (Å²) in [6.45, 7) is 2.35. The van der Waals surface area contributed by atoms with Crippen LogP contribution in [0.25, 0.3) is 0 Å². The number of hydrogen-bond acceptors (Lipinski definition) is 3. The van der Waals surface area contributed by atoms with Crippen LogP contribution in [0, 0.1) is 0 Å². The maximum absolute atomic E-state index is 11.9. The number of carbonyl (C=O) groups is 1. The molecule has 0 aromatic heterocycles. The van der Waals surface area contributed by atoms with E-state index in [2.05, 4.69) is 5.32 Å². The molecule has 0 saturated carbocycles. The lowest BCUT2D eigenvalue weighted by molar-refractivity contribution is -0.118. The number of ether oxygens (including phenoxy) is 2. The van der Waals surface area contributed by atoms with Gasteiger partial charge in [0.1, 0.15) is 11.5 Å². The van der Waals surface area contributed by atoms with Crippen molar-refractivity contribution in [1.82, 2.24) is 0 Å². The molecular formula is C16H16ClNO3. The zero-order chi connectivity index (χ0) is 15.1. The van der Waals surface area contributed by atoms with Crippen molar-refractivity contribution in [3.63, 3.8) is 0 Å². The summed E-state index contributed by atoms with van der Waals surface area (Å²) in [6, 6.07) is 14.1. The van der Waals surface area contributed by atoms with Gasteiger partial charge in [-0.15, -0.1) is 0 Å². The van der Waals surface area contributed by atoms with E-state index in [-0.39, 0.29) is 12.5 Å². The Balaban J connectivity index is 1.91. The molecule has 0 spiro atoms. The van der Waals surface area contributed by atoms with Gasteiger partial charge in [0.05, 0.1) is 12.3 Å². The number of carbonyl (C=O) groups excluding carboxylic acids is 1. The van der Waals surface area contributed by atoms with Gasteiger partial charge in [0.2, 0.25) is 0 Å². The molecular weight excluding hydrogens is 290 g/mol. The highest BCUT2D eigenvalue weighted by Gasteiger charge is 2.08. The van der Waals surface area contributed by atoms with Crippen LogP contribution < -0.4 is 14.8 Å². The van der Waals surface area contributed by atoms with Crippen LogP contribution in [0.2, 0.25) is 5.02 Å². The van der Waals surface area contributed by atoms with Gasteiger partial charge in [-0.2, -0.15) is 0 Å². The van der Waals surface area contributed by atoms with Gasteiger partial charge in [-0.1, -0.05) is 23.7 Å². The molecule has 21 heavy (non-hydrogen) atoms. The zero-order valence-electron chi connectivity index (χ0n) is 11.6. The molecule has 0 fully saturated rings. The number of amides is 1. The summed E-state index contributed by atoms with van der Waals surface area (Å²) >= 11 is 5.78. The van der Waals surface area contributed by atoms with E-state index in [1.807, 2.05) is 19.1 Å². The smallest absolute Gasteiger partial charge is 0.262 e. The first-order valence-electron chi connectivity index (χ1n) is 6.59. The minimum atomic E-state index is -0.253. The SMILES string of the molecule is CCOc1ccccc1NC(=O)COc1ccc(Cl)cc1. The van der Waals surface area contributed by atoms with Crippen LogP contribution in [0.4, 0.5) is 5.69 Å². The molecule has 5 heteroatoms. The maximum Gasteiger partial charge on any atom is 0.262 e. The van der Waals surface area contributed by atoms with E-state index in [1.54, 1.807) is 36.4 Å². The molecule has 1 amide bonds. The zero-order valence-corrected chi connectivity index (χ0v) is 12.4. The predicted molar refractivity (Wildman–Crippen MR) is 83.2 cm³/mol. The van der Waals surface area contributed by atoms with Crippen molar-refractivity contribution in [3.05, 3.63) is 53.6 Å². The lowest BCUT2D eigenvalue weighted by Gasteiger charge is -2.11. The molecule has 0 atom stereocenters. The fourth-order valence-corrected chi connectivity index (χ4v) is 1.84. The van der Waals surface area contributed by atoms with E-state index in [9.17, 15) is 4.79 Å². The van der Waals surface area contributed by atoms with E-state index < -0.39 is 0 Å². The van der Waals surface area contributed by atoms with E-state index in [0.717, 1.165) is 0 Å². The summed E-state index contributed by atoms with van der Waals surface area (Å²) in [5.41, 5.74) is 0.629. The second-order valence-electron chi connectivity index (χ2n) is 4.22. The minimum absolute atomic E-state index is 0.0813. The molecule has 0 radical (unpaired) electrons. The third-order valence-electron chi connectivity index (χ3n) is 2.64. The monoisotopic (exact) mass is 305 g/mol. The molecule has 0 bridgehead atoms. The van der Waals surface area contributed by atoms with E-state index in [4.69, 9.17) is 21.1 Å². The molecule has 1 N–H and O–H groups in total. The largest absolute Gasteiger partial charge is 0.492 e. The number of benzene rings is 2. The van der Waals surface area contributed by atoms with Crippen LogP contribution in [0.5, 0.6) is 11.5 Å². The highest BCUT2D eigenvalue weighted by Crippen LogP contribution is 2.23. The Hall–Kier alpha value is -2.20. The van der Waals surface area contributed by atoms with E-state index in [0.29, 0.717) is 28.8 Å². The van der Waals surface area contributed by atoms with Crippen molar-refractivity contribution in [3.8, 4) is 11.5 Å². The standard InChI is InChI=1S/C16H16ClNO3/c1-2-20-15-6-4-3-5-14(15)18-16(19)11-21-13-9-7-12(17)8-10-13/h3-10H,2,11H2,1H3,(H,18,19). The molecule has 2 rings (SSSR count). The van der Waals surface area contributed by atoms with Crippen molar-refractivity contribution in [2.75, 3.05) is 18.5 Å². The van der Waals surface area contributed by atoms with Crippen LogP contribution >= 0.6 is 11.6 Å². The van der Waals surface area contributed by atoms with Crippen molar-refractivity contribution < 1.29 is 14.3 Å². The molecule has 4 nitrogen and oxygen atoms in total. The normalized spacial score (nSPS) is 10.0. The first kappa shape index (κ1) is 15.2. The van der Waals surface area contributed by atoms with Crippen LogP contribution in [-0.4, -0.2) is 19.1 Å². The summed E-state index contributed by atoms with van der Waals surface area (Å²) in [7, 11) is 0. The second kappa shape index (κ2) is 7.55. The Morgan fingerprint density at radius 2 is 1.81 bits per heavy atom. The Morgan fingerprint density at radius 3 is 2.52 bits per heavy atom. The van der Waals surface area contributed by atoms with Gasteiger partial charge in [0.25, 0.3) is 5.91 Å². The summed E-state index contributed by atoms with van der Waals surface area (Å²) in [5.74, 6) is 0.976. The van der Waals surface area contributed by atoms with Gasteiger partial charge in [-0.05, 0) is 43.3 Å². The minimum Gasteiger partial charge on any atom is -0.492 e. The first-order chi connectivity index (χ1) is 10.2. The molecule has 0 aliphatic carbocycles. The van der Waals surface area contributed by atoms with Crippen LogP contribution in [-0.2, 0) is 4.79 Å². The van der Waals surface area contributed by atoms with Crippen molar-refractivity contribution in [2.45, 2.75) is 6.92 Å². The van der Waals surface area contributed by atoms with E-state index in [1.165, 1.54) is 0 Å². The number of nitrogens with one attached hydrogen (secondary N) is 1. The number of para-hydroxylation sites is 2. The van der Waals surface area contributed by atoms with Gasteiger partial charge in [0.15, 0.2) is 6.61 Å². The molecule has 0 unspecified atom stereocenters. The number of rotatable bonds is 6. The third kappa shape index (κ3) is 4.68. The molecule has 2 aromatic carbocycles. The average molecular weight is 306 g/mol. The topological polar surface area (TPSA) is 47.6 Å². The third-order valence-corrected chi connectivity index (χ3v) is 2.90. The van der Waals surface area contributed by atoms with Gasteiger partial charge in [-0.3, -0.25) is 4.79 Å². The highest BCUT2D eigenvalue weighted by atomic mass is 35.5. The van der Waals surface area contributed by atoms with Crippen molar-refractivity contribution in [2.24, 2.45) is 0 Å².